The van der Waals surface area contributed by atoms with Gasteiger partial charge >= 0.3 is 6.03 Å². The van der Waals surface area contributed by atoms with Crippen LogP contribution in [0.2, 0.25) is 0 Å². The molecule has 0 aliphatic heterocycles. The number of carbonyl (C=O) groups is 1. The highest BCUT2D eigenvalue weighted by Crippen LogP contribution is 2.15. The molecule has 4 nitrogen and oxygen atoms in total. The SMILES string of the molecule is Cc1ccc(CNC(=O)NC[C@@H](O)c2ccccc2F)cc1F. The number of nitrogens with one attached hydrogen (secondary N) is 2. The van der Waals surface area contributed by atoms with Crippen LogP contribution in [0.4, 0.5) is 13.6 Å². The van der Waals surface area contributed by atoms with Crippen LogP contribution >= 0.6 is 0 Å². The number of halogens is 2. The summed E-state index contributed by atoms with van der Waals surface area (Å²) >= 11 is 0. The first-order valence-electron chi connectivity index (χ1n) is 7.16. The molecule has 2 aromatic rings. The molecule has 2 rings (SSSR count). The lowest BCUT2D eigenvalue weighted by Crippen LogP contribution is -2.37. The van der Waals surface area contributed by atoms with Crippen molar-refractivity contribution in [1.82, 2.24) is 10.6 Å². The van der Waals surface area contributed by atoms with E-state index >= 15 is 0 Å². The highest BCUT2D eigenvalue weighted by molar-refractivity contribution is 5.73. The van der Waals surface area contributed by atoms with Crippen molar-refractivity contribution in [1.29, 1.82) is 0 Å². The fraction of sp³-hybridized carbons (Fsp3) is 0.235. The summed E-state index contributed by atoms with van der Waals surface area (Å²) in [5.74, 6) is -0.864. The summed E-state index contributed by atoms with van der Waals surface area (Å²) in [6.07, 6.45) is -1.14. The highest BCUT2D eigenvalue weighted by atomic mass is 19.1. The second-order valence-corrected chi connectivity index (χ2v) is 5.18. The molecule has 2 amide bonds. The minimum Gasteiger partial charge on any atom is -0.386 e. The predicted molar refractivity (Wildman–Crippen MR) is 82.7 cm³/mol. The molecule has 6 heteroatoms. The van der Waals surface area contributed by atoms with Crippen molar-refractivity contribution in [3.8, 4) is 0 Å². The molecule has 0 aliphatic carbocycles. The minimum atomic E-state index is -1.14. The zero-order chi connectivity index (χ0) is 16.8. The van der Waals surface area contributed by atoms with E-state index in [9.17, 15) is 18.7 Å². The number of aliphatic hydroxyl groups is 1. The van der Waals surface area contributed by atoms with Crippen molar-refractivity contribution in [2.45, 2.75) is 19.6 Å². The van der Waals surface area contributed by atoms with Gasteiger partial charge < -0.3 is 15.7 Å². The van der Waals surface area contributed by atoms with Crippen LogP contribution in [-0.4, -0.2) is 17.7 Å². The molecule has 0 saturated carbocycles. The summed E-state index contributed by atoms with van der Waals surface area (Å²) in [5, 5.41) is 14.9. The first-order valence-corrected chi connectivity index (χ1v) is 7.16. The quantitative estimate of drug-likeness (QED) is 0.793. The van der Waals surface area contributed by atoms with E-state index < -0.39 is 18.0 Å². The van der Waals surface area contributed by atoms with Gasteiger partial charge in [-0.3, -0.25) is 0 Å². The second-order valence-electron chi connectivity index (χ2n) is 5.18. The van der Waals surface area contributed by atoms with E-state index in [1.807, 2.05) is 0 Å². The van der Waals surface area contributed by atoms with Gasteiger partial charge in [-0.15, -0.1) is 0 Å². The normalized spacial score (nSPS) is 11.8. The van der Waals surface area contributed by atoms with Crippen LogP contribution in [0.1, 0.15) is 22.8 Å². The summed E-state index contributed by atoms with van der Waals surface area (Å²) in [4.78, 5) is 11.7. The molecule has 23 heavy (non-hydrogen) atoms. The molecule has 0 aromatic heterocycles. The maximum atomic E-state index is 13.5. The van der Waals surface area contributed by atoms with E-state index in [-0.39, 0.29) is 24.5 Å². The lowest BCUT2D eigenvalue weighted by molar-refractivity contribution is 0.169. The molecular weight excluding hydrogens is 302 g/mol. The Morgan fingerprint density at radius 2 is 1.87 bits per heavy atom. The van der Waals surface area contributed by atoms with Crippen molar-refractivity contribution in [3.05, 3.63) is 70.8 Å². The summed E-state index contributed by atoms with van der Waals surface area (Å²) in [5.41, 5.74) is 1.28. The van der Waals surface area contributed by atoms with Gasteiger partial charge in [0.2, 0.25) is 0 Å². The molecule has 0 bridgehead atoms. The molecule has 3 N–H and O–H groups in total. The predicted octanol–water partition coefficient (Wildman–Crippen LogP) is 2.81. The van der Waals surface area contributed by atoms with Gasteiger partial charge in [0.05, 0.1) is 6.10 Å². The van der Waals surface area contributed by atoms with Gasteiger partial charge in [0.25, 0.3) is 0 Å². The third-order valence-corrected chi connectivity index (χ3v) is 3.41. The van der Waals surface area contributed by atoms with Gasteiger partial charge in [0.15, 0.2) is 0 Å². The number of hydrogen-bond donors (Lipinski definition) is 3. The van der Waals surface area contributed by atoms with E-state index in [0.717, 1.165) is 0 Å². The maximum Gasteiger partial charge on any atom is 0.315 e. The molecule has 0 fully saturated rings. The van der Waals surface area contributed by atoms with Crippen LogP contribution < -0.4 is 10.6 Å². The third kappa shape index (κ3) is 4.75. The van der Waals surface area contributed by atoms with Crippen LogP contribution in [0.25, 0.3) is 0 Å². The Hall–Kier alpha value is -2.47. The van der Waals surface area contributed by atoms with Gasteiger partial charge in [0, 0.05) is 18.7 Å². The number of carbonyl (C=O) groups excluding carboxylic acids is 1. The van der Waals surface area contributed by atoms with Crippen LogP contribution in [0.3, 0.4) is 0 Å². The average molecular weight is 320 g/mol. The minimum absolute atomic E-state index is 0.119. The molecule has 1 atom stereocenters. The number of rotatable bonds is 5. The summed E-state index contributed by atoms with van der Waals surface area (Å²) in [7, 11) is 0. The van der Waals surface area contributed by atoms with Gasteiger partial charge in [-0.05, 0) is 30.2 Å². The Morgan fingerprint density at radius 3 is 2.57 bits per heavy atom. The first-order chi connectivity index (χ1) is 11.0. The molecule has 0 aliphatic rings. The zero-order valence-electron chi connectivity index (χ0n) is 12.6. The number of aliphatic hydroxyl groups excluding tert-OH is 1. The number of benzene rings is 2. The largest absolute Gasteiger partial charge is 0.386 e. The van der Waals surface area contributed by atoms with Crippen molar-refractivity contribution in [2.24, 2.45) is 0 Å². The average Bonchev–Trinajstić information content (AvgIpc) is 2.54. The van der Waals surface area contributed by atoms with Gasteiger partial charge in [0.1, 0.15) is 11.6 Å². The van der Waals surface area contributed by atoms with Crippen LogP contribution in [0.5, 0.6) is 0 Å². The van der Waals surface area contributed by atoms with Gasteiger partial charge in [-0.25, -0.2) is 13.6 Å². The summed E-state index contributed by atoms with van der Waals surface area (Å²) < 4.78 is 26.9. The number of aryl methyl sites for hydroxylation is 1. The van der Waals surface area contributed by atoms with Crippen LogP contribution in [-0.2, 0) is 6.54 Å². The molecule has 0 spiro atoms. The second kappa shape index (κ2) is 7.69. The first kappa shape index (κ1) is 16.9. The molecule has 2 aromatic carbocycles. The van der Waals surface area contributed by atoms with Gasteiger partial charge in [-0.1, -0.05) is 30.3 Å². The Kier molecular flexibility index (Phi) is 5.65. The van der Waals surface area contributed by atoms with E-state index in [1.165, 1.54) is 24.3 Å². The topological polar surface area (TPSA) is 61.4 Å². The Labute approximate surface area is 133 Å². The van der Waals surface area contributed by atoms with Gasteiger partial charge in [-0.2, -0.15) is 0 Å². The van der Waals surface area contributed by atoms with Crippen molar-refractivity contribution < 1.29 is 18.7 Å². The lowest BCUT2D eigenvalue weighted by atomic mass is 10.1. The molecule has 0 heterocycles. The molecule has 122 valence electrons. The Bertz CT molecular complexity index is 692. The van der Waals surface area contributed by atoms with E-state index in [4.69, 9.17) is 0 Å². The standard InChI is InChI=1S/C17H18F2N2O2/c1-11-6-7-12(8-15(11)19)9-20-17(23)21-10-16(22)13-4-2-3-5-14(13)18/h2-8,16,22H,9-10H2,1H3,(H2,20,21,23)/t16-/m1/s1. The number of amides is 2. The van der Waals surface area contributed by atoms with Crippen molar-refractivity contribution in [3.63, 3.8) is 0 Å². The molecule has 0 radical (unpaired) electrons. The van der Waals surface area contributed by atoms with E-state index in [1.54, 1.807) is 25.1 Å². The highest BCUT2D eigenvalue weighted by Gasteiger charge is 2.13. The van der Waals surface area contributed by atoms with Crippen molar-refractivity contribution >= 4 is 6.03 Å². The number of hydrogen-bond acceptors (Lipinski definition) is 2. The fourth-order valence-electron chi connectivity index (χ4n) is 2.04. The lowest BCUT2D eigenvalue weighted by Gasteiger charge is -2.13. The summed E-state index contributed by atoms with van der Waals surface area (Å²) in [6.45, 7) is 1.68. The smallest absolute Gasteiger partial charge is 0.315 e. The van der Waals surface area contributed by atoms with Crippen molar-refractivity contribution in [2.75, 3.05) is 6.54 Å². The fourth-order valence-corrected chi connectivity index (χ4v) is 2.04. The number of urea groups is 1. The molecule has 0 unspecified atom stereocenters. The van der Waals surface area contributed by atoms with Crippen LogP contribution in [0.15, 0.2) is 42.5 Å². The monoisotopic (exact) mass is 320 g/mol. The molecule has 0 saturated heterocycles. The Morgan fingerprint density at radius 1 is 1.13 bits per heavy atom. The maximum absolute atomic E-state index is 13.5. The van der Waals surface area contributed by atoms with E-state index in [2.05, 4.69) is 10.6 Å². The summed E-state index contributed by atoms with van der Waals surface area (Å²) in [6, 6.07) is 9.99. The van der Waals surface area contributed by atoms with E-state index in [0.29, 0.717) is 11.1 Å². The molecular formula is C17H18F2N2O2. The zero-order valence-corrected chi connectivity index (χ0v) is 12.6. The van der Waals surface area contributed by atoms with Crippen LogP contribution in [0, 0.1) is 18.6 Å². The third-order valence-electron chi connectivity index (χ3n) is 3.41. The Balaban J connectivity index is 1.81.